The van der Waals surface area contributed by atoms with Gasteiger partial charge in [0.1, 0.15) is 0 Å². The van der Waals surface area contributed by atoms with Crippen molar-refractivity contribution < 1.29 is 9.66 Å². The van der Waals surface area contributed by atoms with Crippen LogP contribution in [0.25, 0.3) is 10.8 Å². The number of nitro groups is 1. The zero-order chi connectivity index (χ0) is 14.8. The van der Waals surface area contributed by atoms with Gasteiger partial charge < -0.3 is 15.4 Å². The largest absolute Gasteiger partial charge is 0.373 e. The molecule has 0 spiro atoms. The second kappa shape index (κ2) is 5.63. The Hall–Kier alpha value is -2.25. The Morgan fingerprint density at radius 1 is 1.43 bits per heavy atom. The summed E-state index contributed by atoms with van der Waals surface area (Å²) in [5.74, 6) is 0. The number of hydrogen-bond acceptors (Lipinski definition) is 6. The Balaban J connectivity index is 2.07. The minimum absolute atomic E-state index is 0.00849. The molecule has 110 valence electrons. The van der Waals surface area contributed by atoms with E-state index in [1.54, 1.807) is 12.3 Å². The molecule has 0 bridgehead atoms. The Labute approximate surface area is 121 Å². The number of aromatic nitrogens is 1. The quantitative estimate of drug-likeness (QED) is 0.676. The fraction of sp³-hybridized carbons (Fsp3) is 0.357. The first-order valence-electron chi connectivity index (χ1n) is 6.78. The fourth-order valence-electron chi connectivity index (χ4n) is 2.68. The number of non-ortho nitro benzene ring substituents is 1. The molecule has 2 aromatic rings. The molecule has 7 nitrogen and oxygen atoms in total. The van der Waals surface area contributed by atoms with Gasteiger partial charge in [0.05, 0.1) is 23.0 Å². The predicted octanol–water partition coefficient (Wildman–Crippen LogP) is 1.31. The Morgan fingerprint density at radius 2 is 2.29 bits per heavy atom. The summed E-state index contributed by atoms with van der Waals surface area (Å²) >= 11 is 0. The Kier molecular flexibility index (Phi) is 3.68. The first kappa shape index (κ1) is 13.7. The number of benzene rings is 1. The van der Waals surface area contributed by atoms with Gasteiger partial charge in [-0.2, -0.15) is 0 Å². The molecule has 1 fully saturated rings. The van der Waals surface area contributed by atoms with E-state index in [4.69, 9.17) is 10.5 Å². The third kappa shape index (κ3) is 2.53. The number of nitrogens with two attached hydrogens (primary N) is 1. The lowest BCUT2D eigenvalue weighted by Crippen LogP contribution is -2.45. The molecule has 1 atom stereocenters. The lowest BCUT2D eigenvalue weighted by Gasteiger charge is -2.34. The van der Waals surface area contributed by atoms with Gasteiger partial charge in [0, 0.05) is 49.2 Å². The van der Waals surface area contributed by atoms with Gasteiger partial charge in [-0.3, -0.25) is 15.1 Å². The summed E-state index contributed by atoms with van der Waals surface area (Å²) in [6, 6.07) is 5.14. The summed E-state index contributed by atoms with van der Waals surface area (Å²) in [6.45, 7) is 2.49. The second-order valence-electron chi connectivity index (χ2n) is 4.96. The topological polar surface area (TPSA) is 94.5 Å². The third-order valence-corrected chi connectivity index (χ3v) is 3.71. The van der Waals surface area contributed by atoms with Crippen LogP contribution >= 0.6 is 0 Å². The zero-order valence-corrected chi connectivity index (χ0v) is 11.4. The van der Waals surface area contributed by atoms with Crippen molar-refractivity contribution in [1.29, 1.82) is 0 Å². The number of anilines is 1. The summed E-state index contributed by atoms with van der Waals surface area (Å²) in [4.78, 5) is 16.9. The highest BCUT2D eigenvalue weighted by atomic mass is 16.6. The molecule has 1 saturated heterocycles. The van der Waals surface area contributed by atoms with Gasteiger partial charge in [-0.15, -0.1) is 0 Å². The van der Waals surface area contributed by atoms with E-state index in [-0.39, 0.29) is 16.7 Å². The van der Waals surface area contributed by atoms with Gasteiger partial charge in [-0.05, 0) is 12.1 Å². The number of rotatable bonds is 3. The minimum atomic E-state index is -0.379. The SMILES string of the molecule is NCC1CN(c2ccc([N+](=O)[O-])c3cnccc23)CCO1. The van der Waals surface area contributed by atoms with Crippen molar-refractivity contribution in [3.8, 4) is 0 Å². The lowest BCUT2D eigenvalue weighted by molar-refractivity contribution is -0.383. The summed E-state index contributed by atoms with van der Waals surface area (Å²) in [6.07, 6.45) is 3.18. The summed E-state index contributed by atoms with van der Waals surface area (Å²) in [7, 11) is 0. The average molecular weight is 288 g/mol. The normalized spacial score (nSPS) is 18.9. The fourth-order valence-corrected chi connectivity index (χ4v) is 2.68. The Bertz CT molecular complexity index is 676. The minimum Gasteiger partial charge on any atom is -0.373 e. The third-order valence-electron chi connectivity index (χ3n) is 3.71. The second-order valence-corrected chi connectivity index (χ2v) is 4.96. The monoisotopic (exact) mass is 288 g/mol. The molecule has 1 aromatic heterocycles. The molecule has 0 radical (unpaired) electrons. The highest BCUT2D eigenvalue weighted by Crippen LogP contribution is 2.33. The molecule has 0 saturated carbocycles. The van der Waals surface area contributed by atoms with E-state index in [0.717, 1.165) is 17.6 Å². The molecule has 1 unspecified atom stereocenters. The molecular weight excluding hydrogens is 272 g/mol. The number of ether oxygens (including phenoxy) is 1. The lowest BCUT2D eigenvalue weighted by atomic mass is 10.1. The maximum absolute atomic E-state index is 11.1. The van der Waals surface area contributed by atoms with Crippen LogP contribution in [0.2, 0.25) is 0 Å². The van der Waals surface area contributed by atoms with Gasteiger partial charge >= 0.3 is 0 Å². The van der Waals surface area contributed by atoms with Gasteiger partial charge in [0.2, 0.25) is 0 Å². The molecule has 7 heteroatoms. The molecule has 1 aliphatic heterocycles. The van der Waals surface area contributed by atoms with Crippen LogP contribution in [0.1, 0.15) is 0 Å². The van der Waals surface area contributed by atoms with Crippen LogP contribution in [0.4, 0.5) is 11.4 Å². The van der Waals surface area contributed by atoms with Crippen molar-refractivity contribution in [3.63, 3.8) is 0 Å². The molecule has 3 rings (SSSR count). The first-order valence-corrected chi connectivity index (χ1v) is 6.78. The summed E-state index contributed by atoms with van der Waals surface area (Å²) < 4.78 is 5.57. The number of fused-ring (bicyclic) bond motifs is 1. The van der Waals surface area contributed by atoms with Crippen LogP contribution < -0.4 is 10.6 Å². The number of nitrogens with zero attached hydrogens (tertiary/aromatic N) is 3. The van der Waals surface area contributed by atoms with Crippen molar-refractivity contribution in [2.75, 3.05) is 31.1 Å². The van der Waals surface area contributed by atoms with Crippen LogP contribution in [0.15, 0.2) is 30.6 Å². The van der Waals surface area contributed by atoms with Gasteiger partial charge in [0.15, 0.2) is 0 Å². The van der Waals surface area contributed by atoms with Crippen LogP contribution in [-0.2, 0) is 4.74 Å². The van der Waals surface area contributed by atoms with Gasteiger partial charge in [-0.1, -0.05) is 0 Å². The van der Waals surface area contributed by atoms with Crippen molar-refractivity contribution >= 4 is 22.1 Å². The molecular formula is C14H16N4O3. The van der Waals surface area contributed by atoms with E-state index in [9.17, 15) is 10.1 Å². The maximum atomic E-state index is 11.1. The highest BCUT2D eigenvalue weighted by Gasteiger charge is 2.23. The van der Waals surface area contributed by atoms with Crippen molar-refractivity contribution in [1.82, 2.24) is 4.98 Å². The van der Waals surface area contributed by atoms with Crippen LogP contribution in [-0.4, -0.2) is 42.3 Å². The number of morpholine rings is 1. The van der Waals surface area contributed by atoms with Crippen molar-refractivity contribution in [2.45, 2.75) is 6.10 Å². The Morgan fingerprint density at radius 3 is 3.05 bits per heavy atom. The van der Waals surface area contributed by atoms with E-state index < -0.39 is 0 Å². The van der Waals surface area contributed by atoms with E-state index in [1.165, 1.54) is 12.3 Å². The number of nitro benzene ring substituents is 1. The average Bonchev–Trinajstić information content (AvgIpc) is 2.53. The summed E-state index contributed by atoms with van der Waals surface area (Å²) in [5.41, 5.74) is 6.70. The molecule has 1 aliphatic rings. The number of hydrogen-bond donors (Lipinski definition) is 1. The highest BCUT2D eigenvalue weighted by molar-refractivity contribution is 5.99. The standard InChI is InChI=1S/C14H16N4O3/c15-7-10-9-17(5-6-21-10)13-1-2-14(18(19)20)12-8-16-4-3-11(12)13/h1-4,8,10H,5-7,9,15H2. The van der Waals surface area contributed by atoms with Gasteiger partial charge in [0.25, 0.3) is 5.69 Å². The van der Waals surface area contributed by atoms with E-state index >= 15 is 0 Å². The van der Waals surface area contributed by atoms with Crippen LogP contribution in [0.5, 0.6) is 0 Å². The number of pyridine rings is 1. The van der Waals surface area contributed by atoms with Crippen LogP contribution in [0, 0.1) is 10.1 Å². The molecule has 21 heavy (non-hydrogen) atoms. The molecule has 2 heterocycles. The van der Waals surface area contributed by atoms with Crippen LogP contribution in [0.3, 0.4) is 0 Å². The van der Waals surface area contributed by atoms with E-state index in [1.807, 2.05) is 6.07 Å². The van der Waals surface area contributed by atoms with Gasteiger partial charge in [-0.25, -0.2) is 0 Å². The first-order chi connectivity index (χ1) is 10.2. The zero-order valence-electron chi connectivity index (χ0n) is 11.4. The molecule has 1 aromatic carbocycles. The molecule has 0 amide bonds. The predicted molar refractivity (Wildman–Crippen MR) is 79.4 cm³/mol. The van der Waals surface area contributed by atoms with Crippen molar-refractivity contribution in [2.24, 2.45) is 5.73 Å². The molecule has 2 N–H and O–H groups in total. The molecule has 0 aliphatic carbocycles. The van der Waals surface area contributed by atoms with E-state index in [2.05, 4.69) is 9.88 Å². The maximum Gasteiger partial charge on any atom is 0.278 e. The van der Waals surface area contributed by atoms with Crippen molar-refractivity contribution in [3.05, 3.63) is 40.7 Å². The smallest absolute Gasteiger partial charge is 0.278 e. The summed E-state index contributed by atoms with van der Waals surface area (Å²) in [5, 5.41) is 12.5. The van der Waals surface area contributed by atoms with E-state index in [0.29, 0.717) is 25.1 Å².